The van der Waals surface area contributed by atoms with Gasteiger partial charge < -0.3 is 4.57 Å². The molecule has 40 heavy (non-hydrogen) atoms. The molecular formula is C34H39N5O. The van der Waals surface area contributed by atoms with Crippen molar-refractivity contribution in [2.24, 2.45) is 5.10 Å². The van der Waals surface area contributed by atoms with Crippen LogP contribution in [0.2, 0.25) is 0 Å². The summed E-state index contributed by atoms with van der Waals surface area (Å²) in [5.74, 6) is -0.208. The predicted octanol–water partition coefficient (Wildman–Crippen LogP) is 5.79. The van der Waals surface area contributed by atoms with E-state index in [0.29, 0.717) is 5.56 Å². The van der Waals surface area contributed by atoms with Gasteiger partial charge in [0, 0.05) is 67.5 Å². The minimum atomic E-state index is -0.208. The van der Waals surface area contributed by atoms with Crippen molar-refractivity contribution in [3.63, 3.8) is 0 Å². The van der Waals surface area contributed by atoms with Crippen LogP contribution in [0.5, 0.6) is 0 Å². The van der Waals surface area contributed by atoms with Gasteiger partial charge in [-0.05, 0) is 68.7 Å². The fourth-order valence-electron chi connectivity index (χ4n) is 5.54. The molecule has 206 valence electrons. The Bertz CT molecular complexity index is 1480. The highest BCUT2D eigenvalue weighted by Gasteiger charge is 2.17. The van der Waals surface area contributed by atoms with Crippen molar-refractivity contribution in [2.75, 3.05) is 26.2 Å². The van der Waals surface area contributed by atoms with Crippen LogP contribution >= 0.6 is 0 Å². The molecule has 1 amide bonds. The Labute approximate surface area is 237 Å². The van der Waals surface area contributed by atoms with Crippen molar-refractivity contribution >= 4 is 12.1 Å². The van der Waals surface area contributed by atoms with Gasteiger partial charge in [-0.3, -0.25) is 14.6 Å². The Morgan fingerprint density at radius 2 is 1.43 bits per heavy atom. The number of carbonyl (C=O) groups is 1. The molecule has 1 N–H and O–H groups in total. The van der Waals surface area contributed by atoms with Gasteiger partial charge in [0.2, 0.25) is 0 Å². The number of hydrogen-bond donors (Lipinski definition) is 1. The van der Waals surface area contributed by atoms with E-state index in [-0.39, 0.29) is 5.91 Å². The van der Waals surface area contributed by atoms with E-state index in [2.05, 4.69) is 107 Å². The van der Waals surface area contributed by atoms with Crippen LogP contribution in [-0.4, -0.2) is 52.7 Å². The van der Waals surface area contributed by atoms with Gasteiger partial charge in [0.15, 0.2) is 0 Å². The first-order valence-corrected chi connectivity index (χ1v) is 14.0. The second kappa shape index (κ2) is 12.5. The SMILES string of the molecule is Cc1ccc(-n2c(C)cc(/C=N/NC(=O)c3ccc(CN4CCN(Cc5ccccc5)CC4)cc3)c2C)c(C)c1. The van der Waals surface area contributed by atoms with Crippen molar-refractivity contribution < 1.29 is 4.79 Å². The van der Waals surface area contributed by atoms with Gasteiger partial charge in [0.25, 0.3) is 5.91 Å². The largest absolute Gasteiger partial charge is 0.318 e. The molecule has 0 spiro atoms. The molecule has 1 aliphatic heterocycles. The Hall–Kier alpha value is -4.00. The van der Waals surface area contributed by atoms with Crippen molar-refractivity contribution in [2.45, 2.75) is 40.8 Å². The highest BCUT2D eigenvalue weighted by molar-refractivity contribution is 5.95. The maximum atomic E-state index is 12.7. The van der Waals surface area contributed by atoms with Crippen LogP contribution in [0.1, 0.15) is 49.6 Å². The first-order chi connectivity index (χ1) is 19.4. The molecule has 1 aromatic heterocycles. The third kappa shape index (κ3) is 6.58. The number of hydrazone groups is 1. The van der Waals surface area contributed by atoms with E-state index in [9.17, 15) is 4.79 Å². The summed E-state index contributed by atoms with van der Waals surface area (Å²) in [5.41, 5.74) is 12.7. The maximum absolute atomic E-state index is 12.7. The van der Waals surface area contributed by atoms with Gasteiger partial charge >= 0.3 is 0 Å². The molecule has 1 saturated heterocycles. The lowest BCUT2D eigenvalue weighted by atomic mass is 10.1. The smallest absolute Gasteiger partial charge is 0.271 e. The second-order valence-electron chi connectivity index (χ2n) is 10.9. The van der Waals surface area contributed by atoms with Crippen LogP contribution in [0.25, 0.3) is 5.69 Å². The van der Waals surface area contributed by atoms with E-state index >= 15 is 0 Å². The molecule has 0 bridgehead atoms. The van der Waals surface area contributed by atoms with Gasteiger partial charge in [-0.25, -0.2) is 5.43 Å². The summed E-state index contributed by atoms with van der Waals surface area (Å²) in [5, 5.41) is 4.27. The highest BCUT2D eigenvalue weighted by Crippen LogP contribution is 2.23. The maximum Gasteiger partial charge on any atom is 0.271 e. The molecule has 0 saturated carbocycles. The fourth-order valence-corrected chi connectivity index (χ4v) is 5.54. The lowest BCUT2D eigenvalue weighted by Gasteiger charge is -2.34. The number of rotatable bonds is 8. The molecule has 0 unspecified atom stereocenters. The number of nitrogens with zero attached hydrogens (tertiary/aromatic N) is 4. The Morgan fingerprint density at radius 1 is 0.800 bits per heavy atom. The molecule has 5 rings (SSSR count). The topological polar surface area (TPSA) is 52.9 Å². The van der Waals surface area contributed by atoms with E-state index in [1.165, 1.54) is 27.9 Å². The highest BCUT2D eigenvalue weighted by atomic mass is 16.2. The number of piperazine rings is 1. The summed E-state index contributed by atoms with van der Waals surface area (Å²) in [7, 11) is 0. The summed E-state index contributed by atoms with van der Waals surface area (Å²) in [6.07, 6.45) is 1.73. The van der Waals surface area contributed by atoms with Crippen LogP contribution in [0, 0.1) is 27.7 Å². The molecule has 6 nitrogen and oxygen atoms in total. The van der Waals surface area contributed by atoms with Crippen LogP contribution in [0.4, 0.5) is 0 Å². The number of carbonyl (C=O) groups excluding carboxylic acids is 1. The Balaban J connectivity index is 1.13. The van der Waals surface area contributed by atoms with Gasteiger partial charge in [-0.1, -0.05) is 60.2 Å². The van der Waals surface area contributed by atoms with Gasteiger partial charge in [0.05, 0.1) is 6.21 Å². The molecule has 0 radical (unpaired) electrons. The normalized spacial score (nSPS) is 14.6. The number of aryl methyl sites for hydroxylation is 3. The number of hydrogen-bond acceptors (Lipinski definition) is 4. The lowest BCUT2D eigenvalue weighted by molar-refractivity contribution is 0.0955. The van der Waals surface area contributed by atoms with Crippen LogP contribution in [-0.2, 0) is 13.1 Å². The molecule has 2 heterocycles. The third-order valence-electron chi connectivity index (χ3n) is 7.77. The summed E-state index contributed by atoms with van der Waals surface area (Å²) in [6.45, 7) is 14.6. The number of nitrogens with one attached hydrogen (secondary N) is 1. The van der Waals surface area contributed by atoms with Crippen molar-refractivity contribution in [1.29, 1.82) is 0 Å². The Kier molecular flexibility index (Phi) is 8.58. The Morgan fingerprint density at radius 3 is 2.05 bits per heavy atom. The lowest BCUT2D eigenvalue weighted by Crippen LogP contribution is -2.45. The molecule has 1 aliphatic rings. The van der Waals surface area contributed by atoms with Crippen LogP contribution < -0.4 is 5.43 Å². The van der Waals surface area contributed by atoms with Crippen LogP contribution in [0.15, 0.2) is 84.0 Å². The average Bonchev–Trinajstić information content (AvgIpc) is 3.23. The predicted molar refractivity (Wildman–Crippen MR) is 163 cm³/mol. The molecule has 6 heteroatoms. The first kappa shape index (κ1) is 27.6. The zero-order chi connectivity index (χ0) is 28.1. The molecular weight excluding hydrogens is 494 g/mol. The summed E-state index contributed by atoms with van der Waals surface area (Å²) in [4.78, 5) is 17.7. The summed E-state index contributed by atoms with van der Waals surface area (Å²) >= 11 is 0. The standard InChI is InChI=1S/C34H39N5O/c1-25-10-15-33(26(2)20-25)39-27(3)21-32(28(39)4)22-35-36-34(40)31-13-11-30(12-14-31)24-38-18-16-37(17-19-38)23-29-8-6-5-7-9-29/h5-15,20-22H,16-19,23-24H2,1-4H3,(H,36,40)/b35-22+. The van der Waals surface area contributed by atoms with Crippen molar-refractivity contribution in [1.82, 2.24) is 19.8 Å². The zero-order valence-electron chi connectivity index (χ0n) is 24.0. The molecule has 3 aromatic carbocycles. The molecule has 0 atom stereocenters. The second-order valence-corrected chi connectivity index (χ2v) is 10.9. The minimum Gasteiger partial charge on any atom is -0.318 e. The number of amides is 1. The fraction of sp³-hybridized carbons (Fsp3) is 0.294. The van der Waals surface area contributed by atoms with Crippen LogP contribution in [0.3, 0.4) is 0 Å². The molecule has 0 aliphatic carbocycles. The quantitative estimate of drug-likeness (QED) is 0.230. The van der Waals surface area contributed by atoms with E-state index in [1.54, 1.807) is 6.21 Å². The van der Waals surface area contributed by atoms with Crippen molar-refractivity contribution in [3.05, 3.63) is 124 Å². The number of aromatic nitrogens is 1. The zero-order valence-corrected chi connectivity index (χ0v) is 24.0. The number of benzene rings is 3. The van der Waals surface area contributed by atoms with Gasteiger partial charge in [0.1, 0.15) is 0 Å². The van der Waals surface area contributed by atoms with E-state index < -0.39 is 0 Å². The minimum absolute atomic E-state index is 0.208. The molecule has 1 fully saturated rings. The average molecular weight is 534 g/mol. The third-order valence-corrected chi connectivity index (χ3v) is 7.77. The molecule has 4 aromatic rings. The van der Waals surface area contributed by atoms with E-state index in [4.69, 9.17) is 0 Å². The van der Waals surface area contributed by atoms with Gasteiger partial charge in [-0.2, -0.15) is 5.10 Å². The van der Waals surface area contributed by atoms with E-state index in [1.807, 2.05) is 24.3 Å². The van der Waals surface area contributed by atoms with E-state index in [0.717, 1.165) is 56.2 Å². The summed E-state index contributed by atoms with van der Waals surface area (Å²) < 4.78 is 2.24. The monoisotopic (exact) mass is 533 g/mol. The van der Waals surface area contributed by atoms with Gasteiger partial charge in [-0.15, -0.1) is 0 Å². The first-order valence-electron chi connectivity index (χ1n) is 14.0. The van der Waals surface area contributed by atoms with Crippen molar-refractivity contribution in [3.8, 4) is 5.69 Å². The summed E-state index contributed by atoms with van der Waals surface area (Å²) in [6, 6.07) is 27.1.